The fraction of sp³-hybridized carbons (Fsp3) is 0.143. The molecule has 12 heavy (non-hydrogen) atoms. The molecule has 0 amide bonds. The maximum atomic E-state index is 10.8. The summed E-state index contributed by atoms with van der Waals surface area (Å²) in [5, 5.41) is 10.1. The summed E-state index contributed by atoms with van der Waals surface area (Å²) in [6, 6.07) is 0. The molecule has 0 atom stereocenters. The first-order chi connectivity index (χ1) is 5.52. The molecule has 0 spiro atoms. The van der Waals surface area contributed by atoms with Gasteiger partial charge in [0, 0.05) is 6.08 Å². The zero-order valence-electron chi connectivity index (χ0n) is 6.09. The zero-order valence-corrected chi connectivity index (χ0v) is 6.84. The largest absolute Gasteiger partial charge is 0.545 e. The van der Waals surface area contributed by atoms with Crippen molar-refractivity contribution in [1.29, 1.82) is 0 Å². The van der Waals surface area contributed by atoms with Crippen LogP contribution in [0.2, 0.25) is 0 Å². The van der Waals surface area contributed by atoms with Crippen molar-refractivity contribution in [1.82, 2.24) is 0 Å². The number of carboxylic acid groups (broad SMARTS) is 1. The lowest BCUT2D eigenvalue weighted by atomic mass is 10.3. The van der Waals surface area contributed by atoms with Gasteiger partial charge in [-0.2, -0.15) is 0 Å². The molecular formula is C7H4ClO4-. The molecule has 0 saturated carbocycles. The van der Waals surface area contributed by atoms with Gasteiger partial charge in [0.15, 0.2) is 5.76 Å². The molecule has 0 aromatic rings. The van der Waals surface area contributed by atoms with Crippen LogP contribution < -0.4 is 5.11 Å². The minimum absolute atomic E-state index is 0.0178. The number of esters is 1. The second-order valence-corrected chi connectivity index (χ2v) is 2.53. The fourth-order valence-corrected chi connectivity index (χ4v) is 0.866. The van der Waals surface area contributed by atoms with Crippen molar-refractivity contribution in [2.24, 2.45) is 0 Å². The average molecular weight is 188 g/mol. The predicted molar refractivity (Wildman–Crippen MR) is 37.7 cm³/mol. The molecule has 1 heterocycles. The molecule has 1 rings (SSSR count). The van der Waals surface area contributed by atoms with Crippen LogP contribution in [0.15, 0.2) is 22.4 Å². The highest BCUT2D eigenvalue weighted by Gasteiger charge is 2.24. The van der Waals surface area contributed by atoms with Crippen LogP contribution in [-0.2, 0) is 14.3 Å². The number of rotatable bonds is 1. The second kappa shape index (κ2) is 2.98. The summed E-state index contributed by atoms with van der Waals surface area (Å²) in [6.45, 7) is 1.45. The molecule has 4 nitrogen and oxygen atoms in total. The van der Waals surface area contributed by atoms with E-state index >= 15 is 0 Å². The number of hydrogen-bond donors (Lipinski definition) is 0. The van der Waals surface area contributed by atoms with Crippen molar-refractivity contribution in [3.8, 4) is 0 Å². The lowest BCUT2D eigenvalue weighted by Crippen LogP contribution is -2.19. The Labute approximate surface area is 73.1 Å². The molecule has 0 aliphatic carbocycles. The van der Waals surface area contributed by atoms with Gasteiger partial charge in [0.25, 0.3) is 0 Å². The lowest BCUT2D eigenvalue weighted by Gasteiger charge is -1.97. The number of carbonyl (C=O) groups is 2. The van der Waals surface area contributed by atoms with E-state index in [1.165, 1.54) is 6.92 Å². The first-order valence-corrected chi connectivity index (χ1v) is 3.41. The van der Waals surface area contributed by atoms with Crippen LogP contribution in [-0.4, -0.2) is 11.9 Å². The number of cyclic esters (lactones) is 1. The summed E-state index contributed by atoms with van der Waals surface area (Å²) < 4.78 is 4.49. The maximum Gasteiger partial charge on any atom is 0.340 e. The van der Waals surface area contributed by atoms with E-state index in [0.717, 1.165) is 0 Å². The van der Waals surface area contributed by atoms with Gasteiger partial charge < -0.3 is 14.6 Å². The highest BCUT2D eigenvalue weighted by atomic mass is 35.5. The van der Waals surface area contributed by atoms with E-state index < -0.39 is 11.9 Å². The molecule has 0 unspecified atom stereocenters. The SMILES string of the molecule is CC1=C(Cl)/C(=C\C(=O)[O-])OC1=O. The van der Waals surface area contributed by atoms with Gasteiger partial charge in [0.1, 0.15) is 0 Å². The predicted octanol–water partition coefficient (Wildman–Crippen LogP) is -0.310. The van der Waals surface area contributed by atoms with Crippen molar-refractivity contribution in [2.45, 2.75) is 6.92 Å². The van der Waals surface area contributed by atoms with Gasteiger partial charge in [0.05, 0.1) is 16.6 Å². The summed E-state index contributed by atoms with van der Waals surface area (Å²) in [5.41, 5.74) is 0.198. The number of allylic oxidation sites excluding steroid dienone is 1. The Bertz CT molecular complexity index is 313. The van der Waals surface area contributed by atoms with Crippen molar-refractivity contribution < 1.29 is 19.4 Å². The van der Waals surface area contributed by atoms with E-state index in [2.05, 4.69) is 4.74 Å². The number of hydrogen-bond acceptors (Lipinski definition) is 4. The van der Waals surface area contributed by atoms with E-state index in [4.69, 9.17) is 11.6 Å². The van der Waals surface area contributed by atoms with E-state index in [1.807, 2.05) is 0 Å². The number of ether oxygens (including phenoxy) is 1. The van der Waals surface area contributed by atoms with E-state index in [0.29, 0.717) is 6.08 Å². The highest BCUT2D eigenvalue weighted by Crippen LogP contribution is 2.28. The smallest absolute Gasteiger partial charge is 0.340 e. The van der Waals surface area contributed by atoms with Crippen LogP contribution in [0.25, 0.3) is 0 Å². The van der Waals surface area contributed by atoms with Gasteiger partial charge in [0.2, 0.25) is 0 Å². The molecule has 0 aromatic heterocycles. The van der Waals surface area contributed by atoms with Gasteiger partial charge in [-0.1, -0.05) is 11.6 Å². The van der Waals surface area contributed by atoms with Crippen LogP contribution >= 0.6 is 11.6 Å². The molecule has 0 N–H and O–H groups in total. The first-order valence-electron chi connectivity index (χ1n) is 3.04. The summed E-state index contributed by atoms with van der Waals surface area (Å²) in [5.74, 6) is -2.25. The molecule has 1 aliphatic heterocycles. The number of carbonyl (C=O) groups excluding carboxylic acids is 2. The summed E-state index contributed by atoms with van der Waals surface area (Å²) in [4.78, 5) is 20.8. The third-order valence-electron chi connectivity index (χ3n) is 1.30. The topological polar surface area (TPSA) is 66.4 Å². The average Bonchev–Trinajstić information content (AvgIpc) is 2.17. The minimum Gasteiger partial charge on any atom is -0.545 e. The van der Waals surface area contributed by atoms with Crippen molar-refractivity contribution in [2.75, 3.05) is 0 Å². The van der Waals surface area contributed by atoms with Crippen LogP contribution in [0.3, 0.4) is 0 Å². The van der Waals surface area contributed by atoms with Crippen LogP contribution in [0.1, 0.15) is 6.92 Å². The fourth-order valence-electron chi connectivity index (χ4n) is 0.695. The monoisotopic (exact) mass is 187 g/mol. The van der Waals surface area contributed by atoms with Crippen LogP contribution in [0, 0.1) is 0 Å². The maximum absolute atomic E-state index is 10.8. The minimum atomic E-state index is -1.45. The van der Waals surface area contributed by atoms with Crippen molar-refractivity contribution >= 4 is 23.5 Å². The Balaban J connectivity index is 3.02. The third-order valence-corrected chi connectivity index (χ3v) is 1.77. The Morgan fingerprint density at radius 2 is 2.25 bits per heavy atom. The Morgan fingerprint density at radius 1 is 1.67 bits per heavy atom. The Kier molecular flexibility index (Phi) is 2.19. The molecule has 0 aromatic carbocycles. The van der Waals surface area contributed by atoms with Crippen LogP contribution in [0.5, 0.6) is 0 Å². The normalized spacial score (nSPS) is 20.2. The van der Waals surface area contributed by atoms with Crippen molar-refractivity contribution in [3.63, 3.8) is 0 Å². The van der Waals surface area contributed by atoms with Gasteiger partial charge in [-0.25, -0.2) is 4.79 Å². The molecule has 0 fully saturated rings. The molecule has 0 saturated heterocycles. The highest BCUT2D eigenvalue weighted by molar-refractivity contribution is 6.35. The molecule has 0 radical (unpaired) electrons. The van der Waals surface area contributed by atoms with Gasteiger partial charge in [-0.15, -0.1) is 0 Å². The van der Waals surface area contributed by atoms with E-state index in [9.17, 15) is 14.7 Å². The van der Waals surface area contributed by atoms with Crippen molar-refractivity contribution in [3.05, 3.63) is 22.4 Å². The van der Waals surface area contributed by atoms with E-state index in [1.54, 1.807) is 0 Å². The van der Waals surface area contributed by atoms with Gasteiger partial charge in [-0.05, 0) is 6.92 Å². The molecule has 1 aliphatic rings. The summed E-state index contributed by atoms with van der Waals surface area (Å²) in [6.07, 6.45) is 0.636. The van der Waals surface area contributed by atoms with Gasteiger partial charge >= 0.3 is 5.97 Å². The first kappa shape index (κ1) is 8.80. The van der Waals surface area contributed by atoms with Crippen LogP contribution in [0.4, 0.5) is 0 Å². The third kappa shape index (κ3) is 1.48. The quantitative estimate of drug-likeness (QED) is 0.417. The molecular weight excluding hydrogens is 184 g/mol. The number of aliphatic carboxylic acids is 1. The Morgan fingerprint density at radius 3 is 2.58 bits per heavy atom. The Hall–Kier alpha value is -1.29. The number of carboxylic acids is 1. The zero-order chi connectivity index (χ0) is 9.30. The van der Waals surface area contributed by atoms with Gasteiger partial charge in [-0.3, -0.25) is 0 Å². The standard InChI is InChI=1S/C7H5ClO4/c1-3-6(8)4(2-5(9)10)12-7(3)11/h2H,1H3,(H,9,10)/p-1/b4-2+. The molecule has 0 bridgehead atoms. The molecule has 5 heteroatoms. The van der Waals surface area contributed by atoms with E-state index in [-0.39, 0.29) is 16.4 Å². The lowest BCUT2D eigenvalue weighted by molar-refractivity contribution is -0.297. The second-order valence-electron chi connectivity index (χ2n) is 2.16. The molecule has 64 valence electrons. The summed E-state index contributed by atoms with van der Waals surface area (Å²) in [7, 11) is 0. The number of halogens is 1. The summed E-state index contributed by atoms with van der Waals surface area (Å²) >= 11 is 5.54.